The second kappa shape index (κ2) is 19.8. The molecule has 0 aliphatic heterocycles. The number of carbonyl (C=O) groups excluding carboxylic acids is 4. The van der Waals surface area contributed by atoms with Crippen LogP contribution in [0.15, 0.2) is 0 Å². The highest BCUT2D eigenvalue weighted by Crippen LogP contribution is 2.03. The summed E-state index contributed by atoms with van der Waals surface area (Å²) < 4.78 is 19.5. The lowest BCUT2D eigenvalue weighted by atomic mass is 10.2. The van der Waals surface area contributed by atoms with Crippen molar-refractivity contribution in [3.05, 3.63) is 0 Å². The van der Waals surface area contributed by atoms with Crippen molar-refractivity contribution in [1.29, 1.82) is 0 Å². The van der Waals surface area contributed by atoms with Gasteiger partial charge in [0.1, 0.15) is 25.9 Å². The molecule has 0 saturated carbocycles. The number of ether oxygens (including phenoxy) is 4. The molecule has 2 atom stereocenters. The third-order valence-corrected chi connectivity index (χ3v) is 4.19. The Morgan fingerprint density at radius 2 is 1.37 bits per heavy atom. The number of nitrogens with one attached hydrogen (secondary N) is 3. The lowest BCUT2D eigenvalue weighted by Crippen LogP contribution is -2.37. The van der Waals surface area contributed by atoms with Crippen molar-refractivity contribution in [2.45, 2.75) is 58.8 Å². The molecule has 13 heteroatoms. The molecule has 0 saturated heterocycles. The molecule has 0 rings (SSSR count). The molecule has 5 N–H and O–H groups in total. The number of aliphatic hydroxyl groups excluding tert-OH is 2. The van der Waals surface area contributed by atoms with Crippen molar-refractivity contribution in [3.8, 4) is 0 Å². The number of alkyl carbamates (subject to hydrolysis) is 1. The molecule has 0 radical (unpaired) electrons. The van der Waals surface area contributed by atoms with Gasteiger partial charge >= 0.3 is 24.0 Å². The van der Waals surface area contributed by atoms with E-state index in [4.69, 9.17) is 18.9 Å². The predicted octanol–water partition coefficient (Wildman–Crippen LogP) is -0.912. The Labute approximate surface area is 206 Å². The molecule has 0 fully saturated rings. The molecular formula is C22H41N3O10. The molecule has 0 aliphatic rings. The van der Waals surface area contributed by atoms with Crippen LogP contribution in [0.25, 0.3) is 0 Å². The molecule has 0 aromatic heterocycles. The summed E-state index contributed by atoms with van der Waals surface area (Å²) in [6.45, 7) is 8.19. The Balaban J connectivity index is 3.85. The number of carbonyl (C=O) groups is 4. The molecule has 0 aromatic rings. The summed E-state index contributed by atoms with van der Waals surface area (Å²) in [6, 6.07) is 0.409. The van der Waals surface area contributed by atoms with E-state index in [1.54, 1.807) is 13.8 Å². The first-order valence-corrected chi connectivity index (χ1v) is 11.7. The van der Waals surface area contributed by atoms with Crippen molar-refractivity contribution in [3.63, 3.8) is 0 Å². The quantitative estimate of drug-likeness (QED) is 0.0825. The summed E-state index contributed by atoms with van der Waals surface area (Å²) in [6.07, 6.45) is -3.52. The fraction of sp³-hybridized carbons (Fsp3) is 0.818. The minimum absolute atomic E-state index is 0.300. The minimum Gasteiger partial charge on any atom is -0.463 e. The second-order valence-electron chi connectivity index (χ2n) is 8.30. The number of hydrogen-bond acceptors (Lipinski definition) is 12. The Hall–Kier alpha value is -2.48. The Kier molecular flexibility index (Phi) is 18.4. The maximum Gasteiger partial charge on any atom is 0.407 e. The van der Waals surface area contributed by atoms with Gasteiger partial charge < -0.3 is 45.1 Å². The molecule has 1 amide bonds. The fourth-order valence-electron chi connectivity index (χ4n) is 2.25. The fourth-order valence-corrected chi connectivity index (χ4v) is 2.25. The first kappa shape index (κ1) is 32.5. The molecule has 0 bridgehead atoms. The van der Waals surface area contributed by atoms with Gasteiger partial charge in [-0.15, -0.1) is 0 Å². The number of hydrogen-bond donors (Lipinski definition) is 5. The van der Waals surface area contributed by atoms with Crippen LogP contribution in [-0.4, -0.2) is 105 Å². The van der Waals surface area contributed by atoms with Gasteiger partial charge in [-0.1, -0.05) is 27.7 Å². The summed E-state index contributed by atoms with van der Waals surface area (Å²) in [4.78, 5) is 46.5. The highest BCUT2D eigenvalue weighted by Gasteiger charge is 2.19. The molecule has 0 aliphatic carbocycles. The van der Waals surface area contributed by atoms with E-state index in [1.807, 2.05) is 0 Å². The van der Waals surface area contributed by atoms with E-state index >= 15 is 0 Å². The lowest BCUT2D eigenvalue weighted by Gasteiger charge is -2.17. The van der Waals surface area contributed by atoms with Crippen LogP contribution in [-0.2, 0) is 33.3 Å². The monoisotopic (exact) mass is 507 g/mol. The van der Waals surface area contributed by atoms with E-state index in [2.05, 4.69) is 29.8 Å². The van der Waals surface area contributed by atoms with Crippen LogP contribution in [0.1, 0.15) is 40.5 Å². The summed E-state index contributed by atoms with van der Waals surface area (Å²) in [7, 11) is 0. The number of amides is 1. The standard InChI is InChI=1S/C22H41N3O10/c1-15(2)21(30)35-18(11-26)14-33-20(29)6-5-19(28)32-12-17(27)13-34-22(31)25-10-8-23-7-9-24-16(3)4/h15-18,23-24,26-27H,5-14H2,1-4H3,(H,25,31). The van der Waals surface area contributed by atoms with E-state index in [9.17, 15) is 29.4 Å². The van der Waals surface area contributed by atoms with Gasteiger partial charge in [-0.25, -0.2) is 4.79 Å². The average Bonchev–Trinajstić information content (AvgIpc) is 2.81. The van der Waals surface area contributed by atoms with Crippen LogP contribution < -0.4 is 16.0 Å². The van der Waals surface area contributed by atoms with Crippen LogP contribution in [0.2, 0.25) is 0 Å². The van der Waals surface area contributed by atoms with Gasteiger partial charge in [0.15, 0.2) is 6.10 Å². The van der Waals surface area contributed by atoms with E-state index in [1.165, 1.54) is 0 Å². The maximum atomic E-state index is 11.7. The Morgan fingerprint density at radius 1 is 0.800 bits per heavy atom. The van der Waals surface area contributed by atoms with Crippen LogP contribution in [0, 0.1) is 5.92 Å². The van der Waals surface area contributed by atoms with Crippen molar-refractivity contribution in [2.75, 3.05) is 52.6 Å². The average molecular weight is 508 g/mol. The zero-order chi connectivity index (χ0) is 26.6. The lowest BCUT2D eigenvalue weighted by molar-refractivity contribution is -0.164. The van der Waals surface area contributed by atoms with Crippen LogP contribution >= 0.6 is 0 Å². The minimum atomic E-state index is -1.22. The van der Waals surface area contributed by atoms with Crippen molar-refractivity contribution in [1.82, 2.24) is 16.0 Å². The zero-order valence-corrected chi connectivity index (χ0v) is 21.0. The summed E-state index contributed by atoms with van der Waals surface area (Å²) in [5.74, 6) is -2.43. The third-order valence-electron chi connectivity index (χ3n) is 4.19. The van der Waals surface area contributed by atoms with Crippen LogP contribution in [0.3, 0.4) is 0 Å². The first-order valence-electron chi connectivity index (χ1n) is 11.7. The van der Waals surface area contributed by atoms with Crippen molar-refractivity contribution in [2.24, 2.45) is 5.92 Å². The van der Waals surface area contributed by atoms with Gasteiger partial charge in [-0.2, -0.15) is 0 Å². The topological polar surface area (TPSA) is 182 Å². The van der Waals surface area contributed by atoms with E-state index in [0.717, 1.165) is 13.1 Å². The highest BCUT2D eigenvalue weighted by atomic mass is 16.6. The van der Waals surface area contributed by atoms with Gasteiger partial charge in [0.05, 0.1) is 25.4 Å². The number of aliphatic hydroxyl groups is 2. The van der Waals surface area contributed by atoms with Crippen LogP contribution in [0.5, 0.6) is 0 Å². The largest absolute Gasteiger partial charge is 0.463 e. The number of esters is 3. The van der Waals surface area contributed by atoms with E-state index < -0.39 is 55.3 Å². The van der Waals surface area contributed by atoms with Crippen molar-refractivity contribution < 1.29 is 48.3 Å². The molecule has 2 unspecified atom stereocenters. The second-order valence-corrected chi connectivity index (χ2v) is 8.30. The van der Waals surface area contributed by atoms with Gasteiger partial charge in [0.25, 0.3) is 0 Å². The Morgan fingerprint density at radius 3 is 1.94 bits per heavy atom. The summed E-state index contributed by atoms with van der Waals surface area (Å²) in [5, 5.41) is 27.8. The molecular weight excluding hydrogens is 466 g/mol. The molecule has 0 aromatic carbocycles. The molecule has 13 nitrogen and oxygen atoms in total. The molecule has 204 valence electrons. The van der Waals surface area contributed by atoms with Gasteiger partial charge in [0, 0.05) is 32.2 Å². The molecule has 0 spiro atoms. The predicted molar refractivity (Wildman–Crippen MR) is 124 cm³/mol. The third kappa shape index (κ3) is 19.5. The highest BCUT2D eigenvalue weighted by molar-refractivity contribution is 5.77. The summed E-state index contributed by atoms with van der Waals surface area (Å²) >= 11 is 0. The van der Waals surface area contributed by atoms with E-state index in [-0.39, 0.29) is 26.1 Å². The van der Waals surface area contributed by atoms with E-state index in [0.29, 0.717) is 19.1 Å². The zero-order valence-electron chi connectivity index (χ0n) is 21.0. The summed E-state index contributed by atoms with van der Waals surface area (Å²) in [5.41, 5.74) is 0. The van der Waals surface area contributed by atoms with Gasteiger partial charge in [-0.05, 0) is 0 Å². The molecule has 0 heterocycles. The Bertz CT molecular complexity index is 631. The van der Waals surface area contributed by atoms with Crippen LogP contribution in [0.4, 0.5) is 4.79 Å². The van der Waals surface area contributed by atoms with Crippen molar-refractivity contribution >= 4 is 24.0 Å². The number of rotatable bonds is 19. The smallest absolute Gasteiger partial charge is 0.407 e. The first-order chi connectivity index (χ1) is 16.5. The normalized spacial score (nSPS) is 12.7. The SMILES string of the molecule is CC(C)NCCNCCNC(=O)OCC(O)COC(=O)CCC(=O)OCC(CO)OC(=O)C(C)C. The maximum absolute atomic E-state index is 11.7. The van der Waals surface area contributed by atoms with Gasteiger partial charge in [0.2, 0.25) is 0 Å². The van der Waals surface area contributed by atoms with Gasteiger partial charge in [-0.3, -0.25) is 14.4 Å². The molecule has 35 heavy (non-hydrogen) atoms.